The SMILES string of the molecule is COc1ccccc1-n1c(SCc2nc(C(=O)NC3CCCCC3)cs2)nnc1-c1ccncc1. The summed E-state index contributed by atoms with van der Waals surface area (Å²) in [5.41, 5.74) is 2.24. The number of nitrogens with one attached hydrogen (secondary N) is 1. The van der Waals surface area contributed by atoms with E-state index in [1.807, 2.05) is 46.3 Å². The van der Waals surface area contributed by atoms with Crippen molar-refractivity contribution in [3.8, 4) is 22.8 Å². The predicted molar refractivity (Wildman–Crippen MR) is 137 cm³/mol. The molecule has 3 aromatic heterocycles. The van der Waals surface area contributed by atoms with Crippen LogP contribution in [-0.2, 0) is 5.75 Å². The zero-order chi connectivity index (χ0) is 24.0. The van der Waals surface area contributed by atoms with Crippen molar-refractivity contribution < 1.29 is 9.53 Å². The first kappa shape index (κ1) is 23.5. The van der Waals surface area contributed by atoms with Crippen molar-refractivity contribution in [3.63, 3.8) is 0 Å². The van der Waals surface area contributed by atoms with Crippen LogP contribution in [0.15, 0.2) is 59.3 Å². The lowest BCUT2D eigenvalue weighted by atomic mass is 9.95. The molecular formula is C25H26N6O2S2. The van der Waals surface area contributed by atoms with Gasteiger partial charge >= 0.3 is 0 Å². The molecule has 1 N–H and O–H groups in total. The van der Waals surface area contributed by atoms with E-state index in [0.717, 1.165) is 34.8 Å². The molecule has 0 spiro atoms. The van der Waals surface area contributed by atoms with Gasteiger partial charge in [0.2, 0.25) is 0 Å². The number of hydrogen-bond donors (Lipinski definition) is 1. The molecule has 1 aliphatic carbocycles. The van der Waals surface area contributed by atoms with E-state index in [2.05, 4.69) is 25.5 Å². The van der Waals surface area contributed by atoms with Crippen LogP contribution in [-0.4, -0.2) is 43.8 Å². The van der Waals surface area contributed by atoms with Gasteiger partial charge in [-0.15, -0.1) is 21.5 Å². The molecule has 0 radical (unpaired) electrons. The van der Waals surface area contributed by atoms with E-state index >= 15 is 0 Å². The van der Waals surface area contributed by atoms with E-state index in [9.17, 15) is 4.79 Å². The molecule has 1 aliphatic rings. The number of carbonyl (C=O) groups excluding carboxylic acids is 1. The summed E-state index contributed by atoms with van der Waals surface area (Å²) in [5.74, 6) is 1.92. The van der Waals surface area contributed by atoms with Crippen molar-refractivity contribution in [1.82, 2.24) is 30.0 Å². The summed E-state index contributed by atoms with van der Waals surface area (Å²) in [6.07, 6.45) is 9.19. The molecule has 1 aromatic carbocycles. The van der Waals surface area contributed by atoms with Crippen LogP contribution >= 0.6 is 23.1 Å². The third kappa shape index (κ3) is 5.38. The van der Waals surface area contributed by atoms with E-state index in [1.54, 1.807) is 19.5 Å². The molecule has 8 nitrogen and oxygen atoms in total. The zero-order valence-corrected chi connectivity index (χ0v) is 21.0. The fourth-order valence-corrected chi connectivity index (χ4v) is 5.93. The number of methoxy groups -OCH3 is 1. The molecule has 180 valence electrons. The lowest BCUT2D eigenvalue weighted by Crippen LogP contribution is -2.36. The number of benzene rings is 1. The molecule has 4 aromatic rings. The van der Waals surface area contributed by atoms with E-state index < -0.39 is 0 Å². The minimum Gasteiger partial charge on any atom is -0.495 e. The minimum absolute atomic E-state index is 0.0819. The highest BCUT2D eigenvalue weighted by molar-refractivity contribution is 7.98. The van der Waals surface area contributed by atoms with Crippen molar-refractivity contribution in [2.24, 2.45) is 0 Å². The number of hydrogen-bond acceptors (Lipinski definition) is 8. The second-order valence-electron chi connectivity index (χ2n) is 8.27. The number of thioether (sulfide) groups is 1. The molecule has 1 fully saturated rings. The average molecular weight is 507 g/mol. The van der Waals surface area contributed by atoms with Crippen LogP contribution in [0, 0.1) is 0 Å². The number of aromatic nitrogens is 5. The molecule has 5 rings (SSSR count). The van der Waals surface area contributed by atoms with Crippen molar-refractivity contribution >= 4 is 29.0 Å². The highest BCUT2D eigenvalue weighted by Gasteiger charge is 2.21. The number of nitrogens with zero attached hydrogens (tertiary/aromatic N) is 5. The maximum absolute atomic E-state index is 12.7. The van der Waals surface area contributed by atoms with Crippen LogP contribution < -0.4 is 10.1 Å². The van der Waals surface area contributed by atoms with Crippen molar-refractivity contribution in [2.45, 2.75) is 49.1 Å². The molecule has 0 unspecified atom stereocenters. The second kappa shape index (κ2) is 11.0. The topological polar surface area (TPSA) is 94.8 Å². The Morgan fingerprint density at radius 3 is 2.74 bits per heavy atom. The van der Waals surface area contributed by atoms with Crippen LogP contribution in [0.1, 0.15) is 47.6 Å². The van der Waals surface area contributed by atoms with Crippen molar-refractivity contribution in [2.75, 3.05) is 7.11 Å². The van der Waals surface area contributed by atoms with Crippen molar-refractivity contribution in [3.05, 3.63) is 64.9 Å². The Bertz CT molecular complexity index is 1280. The number of rotatable bonds is 8. The van der Waals surface area contributed by atoms with Crippen LogP contribution in [0.3, 0.4) is 0 Å². The molecule has 0 saturated heterocycles. The standard InChI is InChI=1S/C25H26N6O2S2/c1-33-21-10-6-5-9-20(21)31-23(17-11-13-26-14-12-17)29-30-25(31)35-16-22-28-19(15-34-22)24(32)27-18-7-3-2-4-8-18/h5-6,9-15,18H,2-4,7-8,16H2,1H3,(H,27,32). The first-order chi connectivity index (χ1) is 17.2. The lowest BCUT2D eigenvalue weighted by molar-refractivity contribution is 0.0923. The van der Waals surface area contributed by atoms with Crippen LogP contribution in [0.2, 0.25) is 0 Å². The van der Waals surface area contributed by atoms with Crippen molar-refractivity contribution in [1.29, 1.82) is 0 Å². The van der Waals surface area contributed by atoms with Gasteiger partial charge in [0.15, 0.2) is 11.0 Å². The van der Waals surface area contributed by atoms with Crippen LogP contribution in [0.5, 0.6) is 5.75 Å². The first-order valence-electron chi connectivity index (χ1n) is 11.6. The third-order valence-electron chi connectivity index (χ3n) is 5.95. The van der Waals surface area contributed by atoms with Gasteiger partial charge < -0.3 is 10.1 Å². The number of ether oxygens (including phenoxy) is 1. The van der Waals surface area contributed by atoms with Gasteiger partial charge in [-0.1, -0.05) is 43.2 Å². The highest BCUT2D eigenvalue weighted by atomic mass is 32.2. The van der Waals surface area contributed by atoms with Gasteiger partial charge in [0.05, 0.1) is 18.6 Å². The monoisotopic (exact) mass is 506 g/mol. The smallest absolute Gasteiger partial charge is 0.270 e. The van der Waals surface area contributed by atoms with Gasteiger partial charge in [-0.3, -0.25) is 14.3 Å². The van der Waals surface area contributed by atoms with Gasteiger partial charge in [-0.25, -0.2) is 4.98 Å². The van der Waals surface area contributed by atoms with E-state index in [-0.39, 0.29) is 11.9 Å². The summed E-state index contributed by atoms with van der Waals surface area (Å²) < 4.78 is 7.61. The van der Waals surface area contributed by atoms with E-state index in [1.165, 1.54) is 42.4 Å². The Kier molecular flexibility index (Phi) is 7.39. The molecule has 0 bridgehead atoms. The molecule has 0 atom stereocenters. The Morgan fingerprint density at radius 2 is 1.94 bits per heavy atom. The largest absolute Gasteiger partial charge is 0.495 e. The van der Waals surface area contributed by atoms with Gasteiger partial charge in [0.25, 0.3) is 5.91 Å². The number of para-hydroxylation sites is 2. The van der Waals surface area contributed by atoms with Crippen LogP contribution in [0.4, 0.5) is 0 Å². The Morgan fingerprint density at radius 1 is 1.14 bits per heavy atom. The summed E-state index contributed by atoms with van der Waals surface area (Å²) in [7, 11) is 1.65. The zero-order valence-electron chi connectivity index (χ0n) is 19.4. The van der Waals surface area contributed by atoms with Crippen LogP contribution in [0.25, 0.3) is 17.1 Å². The summed E-state index contributed by atoms with van der Waals surface area (Å²) >= 11 is 3.01. The second-order valence-corrected chi connectivity index (χ2v) is 10.2. The molecular weight excluding hydrogens is 480 g/mol. The quantitative estimate of drug-likeness (QED) is 0.330. The predicted octanol–water partition coefficient (Wildman–Crippen LogP) is 5.15. The Labute approximate surface area is 212 Å². The summed E-state index contributed by atoms with van der Waals surface area (Å²) in [6, 6.07) is 11.9. The van der Waals surface area contributed by atoms with Gasteiger partial charge in [0.1, 0.15) is 16.5 Å². The van der Waals surface area contributed by atoms with E-state index in [0.29, 0.717) is 22.4 Å². The Balaban J connectivity index is 1.36. The highest BCUT2D eigenvalue weighted by Crippen LogP contribution is 2.33. The van der Waals surface area contributed by atoms with Gasteiger partial charge in [-0.05, 0) is 37.1 Å². The fourth-order valence-electron chi connectivity index (χ4n) is 4.20. The first-order valence-corrected chi connectivity index (χ1v) is 13.5. The number of carbonyl (C=O) groups is 1. The van der Waals surface area contributed by atoms with Gasteiger partial charge in [0, 0.05) is 29.4 Å². The summed E-state index contributed by atoms with van der Waals surface area (Å²) in [4.78, 5) is 21.4. The summed E-state index contributed by atoms with van der Waals surface area (Å²) in [5, 5.41) is 15.5. The minimum atomic E-state index is -0.0819. The number of amides is 1. The molecule has 1 saturated carbocycles. The number of thiazole rings is 1. The molecule has 35 heavy (non-hydrogen) atoms. The normalized spacial score (nSPS) is 14.1. The third-order valence-corrected chi connectivity index (χ3v) is 7.92. The maximum atomic E-state index is 12.7. The maximum Gasteiger partial charge on any atom is 0.270 e. The summed E-state index contributed by atoms with van der Waals surface area (Å²) in [6.45, 7) is 0. The molecule has 10 heteroatoms. The lowest BCUT2D eigenvalue weighted by Gasteiger charge is -2.22. The molecule has 1 amide bonds. The fraction of sp³-hybridized carbons (Fsp3) is 0.320. The van der Waals surface area contributed by atoms with Gasteiger partial charge in [-0.2, -0.15) is 0 Å². The number of pyridine rings is 1. The van der Waals surface area contributed by atoms with E-state index in [4.69, 9.17) is 4.74 Å². The Hall–Kier alpha value is -3.24. The molecule has 3 heterocycles. The average Bonchev–Trinajstić information content (AvgIpc) is 3.56. The molecule has 0 aliphatic heterocycles.